The first-order chi connectivity index (χ1) is 4.06. The Morgan fingerprint density at radius 2 is 2.00 bits per heavy atom. The van der Waals surface area contributed by atoms with E-state index in [0.717, 1.165) is 0 Å². The van der Waals surface area contributed by atoms with Crippen molar-refractivity contribution in [3.63, 3.8) is 0 Å². The zero-order valence-corrected chi connectivity index (χ0v) is 7.72. The van der Waals surface area contributed by atoms with Gasteiger partial charge in [0.2, 0.25) is 0 Å². The van der Waals surface area contributed by atoms with Gasteiger partial charge in [-0.25, -0.2) is 0 Å². The summed E-state index contributed by atoms with van der Waals surface area (Å²) in [7, 11) is 0. The summed E-state index contributed by atoms with van der Waals surface area (Å²) in [6, 6.07) is 1.98. The molecular weight excluding hydrogens is 177 g/mol. The molecular formula is C7H11NSe. The van der Waals surface area contributed by atoms with Crippen LogP contribution in [0.1, 0.15) is 20.8 Å². The van der Waals surface area contributed by atoms with E-state index < -0.39 is 0 Å². The Hall–Kier alpha value is -0.251. The van der Waals surface area contributed by atoms with Crippen molar-refractivity contribution >= 4 is 15.0 Å². The maximum atomic E-state index is 8.14. The zero-order valence-electron chi connectivity index (χ0n) is 6.01. The second kappa shape index (κ2) is 3.71. The Bertz CT molecular complexity index is 136. The Labute approximate surface area is 62.9 Å². The predicted molar refractivity (Wildman–Crippen MR) is 40.2 cm³/mol. The number of nitriles is 1. The van der Waals surface area contributed by atoms with Crippen molar-refractivity contribution in [1.29, 1.82) is 5.26 Å². The fraction of sp³-hybridized carbons (Fsp3) is 0.571. The van der Waals surface area contributed by atoms with Crippen molar-refractivity contribution in [2.75, 3.05) is 0 Å². The van der Waals surface area contributed by atoms with E-state index in [-0.39, 0.29) is 0 Å². The molecule has 50 valence electrons. The molecule has 0 radical (unpaired) electrons. The first-order valence-electron chi connectivity index (χ1n) is 2.79. The molecule has 0 aliphatic rings. The minimum atomic E-state index is 0.375. The number of rotatable bonds is 1. The van der Waals surface area contributed by atoms with Gasteiger partial charge in [0.1, 0.15) is 0 Å². The molecule has 0 aromatic rings. The van der Waals surface area contributed by atoms with Crippen LogP contribution < -0.4 is 0 Å². The fourth-order valence-electron chi connectivity index (χ4n) is 0.269. The molecule has 0 fully saturated rings. The van der Waals surface area contributed by atoms with E-state index in [4.69, 9.17) is 5.26 Å². The van der Waals surface area contributed by atoms with Gasteiger partial charge < -0.3 is 0 Å². The summed E-state index contributed by atoms with van der Waals surface area (Å²) < 4.78 is 0.375. The van der Waals surface area contributed by atoms with Gasteiger partial charge in [0, 0.05) is 0 Å². The summed E-state index contributed by atoms with van der Waals surface area (Å²) in [6.07, 6.45) is 1.56. The Morgan fingerprint density at radius 3 is 2.33 bits per heavy atom. The number of hydrogen-bond acceptors (Lipinski definition) is 1. The van der Waals surface area contributed by atoms with Crippen LogP contribution in [-0.4, -0.2) is 15.0 Å². The first kappa shape index (κ1) is 8.75. The van der Waals surface area contributed by atoms with Gasteiger partial charge in [-0.1, -0.05) is 0 Å². The van der Waals surface area contributed by atoms with Crippen molar-refractivity contribution in [2.24, 2.45) is 0 Å². The average molecular weight is 188 g/mol. The topological polar surface area (TPSA) is 23.8 Å². The molecule has 0 heterocycles. The van der Waals surface area contributed by atoms with Gasteiger partial charge in [-0.05, 0) is 0 Å². The summed E-state index contributed by atoms with van der Waals surface area (Å²) in [5.74, 6) is 0. The second-order valence-corrected chi connectivity index (χ2v) is 6.30. The van der Waals surface area contributed by atoms with Gasteiger partial charge >= 0.3 is 62.4 Å². The molecule has 0 aliphatic carbocycles. The molecule has 9 heavy (non-hydrogen) atoms. The van der Waals surface area contributed by atoms with E-state index in [1.807, 2.05) is 11.0 Å². The van der Waals surface area contributed by atoms with Gasteiger partial charge in [-0.2, -0.15) is 0 Å². The molecule has 0 unspecified atom stereocenters. The molecule has 0 spiro atoms. The van der Waals surface area contributed by atoms with E-state index in [0.29, 0.717) is 19.3 Å². The van der Waals surface area contributed by atoms with Crippen LogP contribution in [0.15, 0.2) is 11.1 Å². The van der Waals surface area contributed by atoms with Gasteiger partial charge in [0.15, 0.2) is 0 Å². The van der Waals surface area contributed by atoms with Crippen molar-refractivity contribution in [1.82, 2.24) is 0 Å². The molecule has 0 aromatic carbocycles. The Balaban J connectivity index is 3.54. The van der Waals surface area contributed by atoms with Crippen LogP contribution in [0.5, 0.6) is 0 Å². The Morgan fingerprint density at radius 1 is 1.44 bits per heavy atom. The van der Waals surface area contributed by atoms with Crippen molar-refractivity contribution in [3.05, 3.63) is 11.1 Å². The van der Waals surface area contributed by atoms with Crippen LogP contribution in [0.2, 0.25) is 4.31 Å². The fourth-order valence-corrected chi connectivity index (χ4v) is 1.40. The van der Waals surface area contributed by atoms with E-state index in [9.17, 15) is 0 Å². The van der Waals surface area contributed by atoms with E-state index >= 15 is 0 Å². The molecule has 0 aliphatic heterocycles. The third-order valence-corrected chi connectivity index (χ3v) is 2.62. The Kier molecular flexibility index (Phi) is 3.61. The second-order valence-electron chi connectivity index (χ2n) is 2.66. The van der Waals surface area contributed by atoms with Gasteiger partial charge in [0.25, 0.3) is 0 Å². The van der Waals surface area contributed by atoms with Crippen LogP contribution in [0.25, 0.3) is 0 Å². The minimum absolute atomic E-state index is 0.375. The standard InChI is InChI=1S/C7H11NSe/c1-7(2,3)9-6-4-5-8/h4,6H,1-3H3. The van der Waals surface area contributed by atoms with Gasteiger partial charge in [-0.15, -0.1) is 0 Å². The summed E-state index contributed by atoms with van der Waals surface area (Å²) in [5, 5.41) is 8.14. The molecule has 0 N–H and O–H groups in total. The first-order valence-corrected chi connectivity index (χ1v) is 4.63. The number of nitrogens with zero attached hydrogens (tertiary/aromatic N) is 1. The molecule has 0 amide bonds. The van der Waals surface area contributed by atoms with Crippen molar-refractivity contribution < 1.29 is 0 Å². The van der Waals surface area contributed by atoms with E-state index in [1.54, 1.807) is 6.08 Å². The molecule has 0 aromatic heterocycles. The molecule has 0 bridgehead atoms. The quantitative estimate of drug-likeness (QED) is 0.455. The van der Waals surface area contributed by atoms with Crippen LogP contribution in [-0.2, 0) is 0 Å². The molecule has 2 heteroatoms. The molecule has 0 rings (SSSR count). The van der Waals surface area contributed by atoms with Crippen LogP contribution in [0.4, 0.5) is 0 Å². The number of hydrogen-bond donors (Lipinski definition) is 0. The monoisotopic (exact) mass is 189 g/mol. The summed E-state index contributed by atoms with van der Waals surface area (Å²) >= 11 is 0.461. The van der Waals surface area contributed by atoms with E-state index in [1.165, 1.54) is 0 Å². The predicted octanol–water partition coefficient (Wildman–Crippen LogP) is 1.95. The zero-order chi connectivity index (χ0) is 7.33. The molecule has 0 atom stereocenters. The average Bonchev–Trinajstić information content (AvgIpc) is 1.63. The third-order valence-electron chi connectivity index (χ3n) is 0.564. The normalized spacial score (nSPS) is 11.8. The van der Waals surface area contributed by atoms with Crippen molar-refractivity contribution in [3.8, 4) is 6.07 Å². The summed E-state index contributed by atoms with van der Waals surface area (Å²) in [4.78, 5) is 1.97. The molecule has 0 saturated heterocycles. The summed E-state index contributed by atoms with van der Waals surface area (Å²) in [6.45, 7) is 6.53. The number of allylic oxidation sites excluding steroid dienone is 1. The van der Waals surface area contributed by atoms with Crippen LogP contribution in [0, 0.1) is 11.3 Å². The SMILES string of the molecule is CC(C)(C)[Se]C=CC#N. The van der Waals surface area contributed by atoms with Crippen LogP contribution in [0.3, 0.4) is 0 Å². The summed E-state index contributed by atoms with van der Waals surface area (Å²) in [5.41, 5.74) is 0. The van der Waals surface area contributed by atoms with Crippen molar-refractivity contribution in [2.45, 2.75) is 25.1 Å². The van der Waals surface area contributed by atoms with Gasteiger partial charge in [-0.3, -0.25) is 0 Å². The molecule has 0 saturated carbocycles. The van der Waals surface area contributed by atoms with Crippen LogP contribution >= 0.6 is 0 Å². The molecule has 1 nitrogen and oxygen atoms in total. The maximum absolute atomic E-state index is 8.14. The van der Waals surface area contributed by atoms with E-state index in [2.05, 4.69) is 20.8 Å². The van der Waals surface area contributed by atoms with Gasteiger partial charge in [0.05, 0.1) is 0 Å². The third kappa shape index (κ3) is 7.75.